The van der Waals surface area contributed by atoms with Crippen molar-refractivity contribution in [1.82, 2.24) is 93.3 Å². The minimum Gasteiger partial charge on any atom is -0.464 e. The Hall–Kier alpha value is -13.6. The van der Waals surface area contributed by atoms with Crippen LogP contribution in [0.5, 0.6) is 0 Å². The molecule has 23 heteroatoms. The predicted molar refractivity (Wildman–Crippen MR) is 398 cm³/mol. The van der Waals surface area contributed by atoms with Crippen LogP contribution in [0.1, 0.15) is 57.2 Å². The summed E-state index contributed by atoms with van der Waals surface area (Å²) in [5.41, 5.74) is 24.7. The maximum Gasteiger partial charge on any atom is 0.134 e. The molecular formula is C79H68N22O. The minimum absolute atomic E-state index is 0.111. The van der Waals surface area contributed by atoms with Gasteiger partial charge >= 0.3 is 0 Å². The molecule has 23 nitrogen and oxygen atoms in total. The summed E-state index contributed by atoms with van der Waals surface area (Å²) in [5.74, 6) is 0. The average Bonchev–Trinajstić information content (AvgIpc) is 1.17. The van der Waals surface area contributed by atoms with Gasteiger partial charge in [-0.3, -0.25) is 53.9 Å². The Morgan fingerprint density at radius 2 is 0.833 bits per heavy atom. The number of furan rings is 1. The first kappa shape index (κ1) is 63.2. The third-order valence-electron chi connectivity index (χ3n) is 18.4. The van der Waals surface area contributed by atoms with Gasteiger partial charge in [-0.15, -0.1) is 5.10 Å². The molecule has 500 valence electrons. The minimum atomic E-state index is -0.200. The van der Waals surface area contributed by atoms with E-state index in [1.54, 1.807) is 71.4 Å². The van der Waals surface area contributed by atoms with Gasteiger partial charge in [0.1, 0.15) is 5.58 Å². The molecule has 0 bridgehead atoms. The van der Waals surface area contributed by atoms with Crippen molar-refractivity contribution >= 4 is 82.9 Å². The van der Waals surface area contributed by atoms with E-state index < -0.39 is 0 Å². The molecule has 0 spiro atoms. The van der Waals surface area contributed by atoms with Crippen LogP contribution >= 0.6 is 0 Å². The summed E-state index contributed by atoms with van der Waals surface area (Å²) >= 11 is 0. The van der Waals surface area contributed by atoms with Gasteiger partial charge in [0.05, 0.1) is 88.0 Å². The Morgan fingerprint density at radius 3 is 1.25 bits per heavy atom. The lowest BCUT2D eigenvalue weighted by molar-refractivity contribution is 0.613. The van der Waals surface area contributed by atoms with Crippen LogP contribution in [0.4, 0.5) is 17.1 Å². The van der Waals surface area contributed by atoms with Crippen molar-refractivity contribution in [1.29, 1.82) is 0 Å². The van der Waals surface area contributed by atoms with Crippen molar-refractivity contribution in [3.8, 4) is 33.4 Å². The highest BCUT2D eigenvalue weighted by Crippen LogP contribution is 2.39. The van der Waals surface area contributed by atoms with E-state index in [9.17, 15) is 0 Å². The van der Waals surface area contributed by atoms with E-state index in [2.05, 4.69) is 208 Å². The standard InChI is InChI=1S/2C27H23N7.C25H22N8O/c2*1-33-11-7-18-5-6-19(12-25(18)33)23-13-22(14-24-27(23)30-10-9-29-24)32-26(20-4-3-8-28-15-20)21-16-31-34(2)17-21;1-15-14-34-23-5-4-16(8-19(15)23)20-9-18(10-21-25(20)27-7-6-26-21)30-24(17-11-29-32(2)13-17)22-12-28-31-33(22)3/h2*3-17,26,32H,1-2H3;4-14,24,30H,1-3H3/t2*26-;24-/m100/s1. The SMILES string of the molecule is Cc1coc2ccc(-c3cc(N[C@@H](c4cnn(C)c4)c4cnnn4C)cc4nccnc34)cc12.Cn1cc([C@@H](Nc2cc(-c3ccc4ccn(C)c4c3)c3nccnc3c2)c2cccnc2)cn1.Cn1cc([C@H](Nc2cc(-c3ccc4ccn(C)c4c3)c3nccnc3c2)c2cccnc2)cn1. The Morgan fingerprint density at radius 1 is 0.402 bits per heavy atom. The van der Waals surface area contributed by atoms with Gasteiger partial charge in [0.15, 0.2) is 0 Å². The summed E-state index contributed by atoms with van der Waals surface area (Å²) in [4.78, 5) is 36.5. The Bertz CT molecular complexity index is 5800. The monoisotopic (exact) mass is 1340 g/mol. The van der Waals surface area contributed by atoms with E-state index in [4.69, 9.17) is 4.42 Å². The Balaban J connectivity index is 0.000000118. The first-order valence-corrected chi connectivity index (χ1v) is 33.1. The lowest BCUT2D eigenvalue weighted by Gasteiger charge is -2.20. The number of nitrogens with one attached hydrogen (secondary N) is 3. The number of nitrogens with zero attached hydrogens (tertiary/aromatic N) is 19. The molecule has 0 radical (unpaired) electrons. The number of aryl methyl sites for hydroxylation is 7. The molecule has 0 aliphatic heterocycles. The Kier molecular flexibility index (Phi) is 16.7. The highest BCUT2D eigenvalue weighted by atomic mass is 16.3. The molecule has 0 saturated heterocycles. The van der Waals surface area contributed by atoms with Gasteiger partial charge in [-0.05, 0) is 136 Å². The van der Waals surface area contributed by atoms with E-state index >= 15 is 0 Å². The number of rotatable bonds is 15. The number of hydrogen-bond donors (Lipinski definition) is 3. The number of benzene rings is 6. The maximum atomic E-state index is 5.64. The molecule has 0 aliphatic rings. The van der Waals surface area contributed by atoms with E-state index in [0.717, 1.165) is 134 Å². The fraction of sp³-hybridized carbons (Fsp3) is 0.127. The number of pyridine rings is 2. The Labute approximate surface area is 584 Å². The van der Waals surface area contributed by atoms with E-state index in [1.807, 2.05) is 130 Å². The molecule has 0 amide bonds. The van der Waals surface area contributed by atoms with Crippen molar-refractivity contribution in [2.45, 2.75) is 25.0 Å². The highest BCUT2D eigenvalue weighted by Gasteiger charge is 2.24. The maximum absolute atomic E-state index is 5.64. The van der Waals surface area contributed by atoms with Crippen molar-refractivity contribution in [3.05, 3.63) is 290 Å². The molecule has 18 rings (SSSR count). The molecule has 0 unspecified atom stereocenters. The molecule has 18 aromatic rings. The van der Waals surface area contributed by atoms with Crippen LogP contribution in [0.25, 0.3) is 99.3 Å². The summed E-state index contributed by atoms with van der Waals surface area (Å²) in [6, 6.07) is 43.6. The van der Waals surface area contributed by atoms with Gasteiger partial charge in [0.2, 0.25) is 0 Å². The van der Waals surface area contributed by atoms with E-state index in [1.165, 1.54) is 21.8 Å². The van der Waals surface area contributed by atoms with Crippen LogP contribution in [0, 0.1) is 6.92 Å². The molecule has 12 aromatic heterocycles. The summed E-state index contributed by atoms with van der Waals surface area (Å²) in [7, 11) is 11.8. The molecular weight excluding hydrogens is 1270 g/mol. The van der Waals surface area contributed by atoms with Gasteiger partial charge in [-0.2, -0.15) is 15.3 Å². The van der Waals surface area contributed by atoms with Crippen LogP contribution in [-0.4, -0.2) is 93.3 Å². The third-order valence-corrected chi connectivity index (χ3v) is 18.4. The smallest absolute Gasteiger partial charge is 0.134 e. The number of anilines is 3. The van der Waals surface area contributed by atoms with E-state index in [-0.39, 0.29) is 18.1 Å². The molecule has 102 heavy (non-hydrogen) atoms. The number of aromatic nitrogens is 19. The lowest BCUT2D eigenvalue weighted by atomic mass is 9.99. The summed E-state index contributed by atoms with van der Waals surface area (Å²) in [5, 5.41) is 35.9. The van der Waals surface area contributed by atoms with Crippen molar-refractivity contribution < 1.29 is 4.42 Å². The molecule has 0 aliphatic carbocycles. The summed E-state index contributed by atoms with van der Waals surface area (Å²) in [6.07, 6.45) is 37.1. The molecule has 0 fully saturated rings. The van der Waals surface area contributed by atoms with Crippen LogP contribution in [0.15, 0.2) is 256 Å². The summed E-state index contributed by atoms with van der Waals surface area (Å²) < 4.78 is 17.1. The summed E-state index contributed by atoms with van der Waals surface area (Å²) in [6.45, 7) is 2.05. The lowest BCUT2D eigenvalue weighted by Crippen LogP contribution is -2.16. The van der Waals surface area contributed by atoms with Gasteiger partial charge < -0.3 is 29.5 Å². The average molecular weight is 1340 g/mol. The molecule has 3 N–H and O–H groups in total. The zero-order valence-corrected chi connectivity index (χ0v) is 56.8. The van der Waals surface area contributed by atoms with Crippen LogP contribution < -0.4 is 16.0 Å². The predicted octanol–water partition coefficient (Wildman–Crippen LogP) is 14.7. The second-order valence-corrected chi connectivity index (χ2v) is 25.3. The normalized spacial score (nSPS) is 12.3. The molecule has 0 saturated carbocycles. The van der Waals surface area contributed by atoms with Crippen molar-refractivity contribution in [2.75, 3.05) is 16.0 Å². The van der Waals surface area contributed by atoms with Gasteiger partial charge in [-0.25, -0.2) is 4.68 Å². The topological polar surface area (TPSA) is 246 Å². The zero-order chi connectivity index (χ0) is 69.4. The van der Waals surface area contributed by atoms with Crippen LogP contribution in [0.3, 0.4) is 0 Å². The quantitative estimate of drug-likeness (QED) is 0.0863. The van der Waals surface area contributed by atoms with Gasteiger partial charge in [0.25, 0.3) is 0 Å². The van der Waals surface area contributed by atoms with Gasteiger partial charge in [-0.1, -0.05) is 47.7 Å². The first-order chi connectivity index (χ1) is 49.9. The zero-order valence-electron chi connectivity index (χ0n) is 56.8. The third kappa shape index (κ3) is 12.7. The van der Waals surface area contributed by atoms with Crippen LogP contribution in [-0.2, 0) is 42.3 Å². The highest BCUT2D eigenvalue weighted by molar-refractivity contribution is 6.00. The fourth-order valence-electron chi connectivity index (χ4n) is 13.3. The van der Waals surface area contributed by atoms with Gasteiger partial charge in [0, 0.05) is 202 Å². The second-order valence-electron chi connectivity index (χ2n) is 25.3. The van der Waals surface area contributed by atoms with Crippen LogP contribution in [0.2, 0.25) is 0 Å². The van der Waals surface area contributed by atoms with E-state index in [0.29, 0.717) is 0 Å². The first-order valence-electron chi connectivity index (χ1n) is 33.1. The number of hydrogen-bond acceptors (Lipinski definition) is 17. The molecule has 12 heterocycles. The van der Waals surface area contributed by atoms with Crippen molar-refractivity contribution in [2.24, 2.45) is 42.3 Å². The largest absolute Gasteiger partial charge is 0.464 e. The molecule has 3 atom stereocenters. The van der Waals surface area contributed by atoms with Crippen molar-refractivity contribution in [3.63, 3.8) is 0 Å². The number of fused-ring (bicyclic) bond motifs is 6. The fourth-order valence-corrected chi connectivity index (χ4v) is 13.3. The molecule has 6 aromatic carbocycles. The second kappa shape index (κ2) is 27.0.